The summed E-state index contributed by atoms with van der Waals surface area (Å²) in [6, 6.07) is 14.8. The first kappa shape index (κ1) is 32.7. The maximum Gasteiger partial charge on any atom is 0.270 e. The number of amides is 2. The van der Waals surface area contributed by atoms with Crippen LogP contribution in [0.3, 0.4) is 0 Å². The number of halogens is 2. The lowest BCUT2D eigenvalue weighted by Gasteiger charge is -2.20. The quantitative estimate of drug-likeness (QED) is 0.129. The Kier molecular flexibility index (Phi) is 10.6. The molecule has 2 N–H and O–H groups in total. The Labute approximate surface area is 267 Å². The Hall–Kier alpha value is -3.25. The fourth-order valence-corrected chi connectivity index (χ4v) is 6.04. The van der Waals surface area contributed by atoms with Gasteiger partial charge in [-0.3, -0.25) is 14.3 Å². The first-order chi connectivity index (χ1) is 20.3. The first-order valence-corrected chi connectivity index (χ1v) is 19.0. The highest BCUT2D eigenvalue weighted by molar-refractivity contribution is 9.10. The smallest absolute Gasteiger partial charge is 0.270 e. The van der Waals surface area contributed by atoms with Gasteiger partial charge in [-0.1, -0.05) is 59.3 Å². The van der Waals surface area contributed by atoms with Crippen LogP contribution in [0.5, 0.6) is 0 Å². The Morgan fingerprint density at radius 2 is 1.81 bits per heavy atom. The SMILES string of the molecule is Cc1nn(COCC[Si](C)(C)C)c(C)c1-c1ccc(NC(=O)C(Cc2cc(Br)ccc2Cl)NC(=O)c2ccnn2C)cc1. The third kappa shape index (κ3) is 8.66. The van der Waals surface area contributed by atoms with Crippen molar-refractivity contribution >= 4 is 53.1 Å². The van der Waals surface area contributed by atoms with E-state index in [9.17, 15) is 9.59 Å². The molecule has 1 unspecified atom stereocenters. The number of carbonyl (C=O) groups excluding carboxylic acids is 2. The molecule has 0 bridgehead atoms. The maximum absolute atomic E-state index is 13.5. The molecule has 0 fully saturated rings. The normalized spacial score (nSPS) is 12.3. The van der Waals surface area contributed by atoms with E-state index in [2.05, 4.69) is 51.3 Å². The van der Waals surface area contributed by atoms with Gasteiger partial charge < -0.3 is 15.4 Å². The standard InChI is InChI=1S/C31H38BrClN6O3Si/c1-20-29(21(2)39(37-20)19-42-15-16-43(4,5)6)22-7-10-25(11-8-22)35-30(40)27(18-23-17-24(32)9-12-26(23)33)36-31(41)28-13-14-34-38(28)3/h7-14,17,27H,15-16,18-19H2,1-6H3,(H,35,40)(H,36,41). The van der Waals surface area contributed by atoms with Crippen molar-refractivity contribution in [2.45, 2.75) is 58.7 Å². The molecule has 0 saturated heterocycles. The number of carbonyl (C=O) groups is 2. The summed E-state index contributed by atoms with van der Waals surface area (Å²) in [6.07, 6.45) is 1.73. The van der Waals surface area contributed by atoms with E-state index < -0.39 is 20.0 Å². The topological polar surface area (TPSA) is 103 Å². The Bertz CT molecular complexity index is 1600. The van der Waals surface area contributed by atoms with Crippen LogP contribution in [0.25, 0.3) is 11.1 Å². The number of ether oxygens (including phenoxy) is 1. The third-order valence-corrected chi connectivity index (χ3v) is 9.71. The molecule has 0 aliphatic rings. The zero-order valence-electron chi connectivity index (χ0n) is 25.4. The first-order valence-electron chi connectivity index (χ1n) is 14.1. The molecule has 0 spiro atoms. The number of nitrogens with one attached hydrogen (secondary N) is 2. The van der Waals surface area contributed by atoms with E-state index in [1.807, 2.05) is 54.9 Å². The Balaban J connectivity index is 1.48. The minimum absolute atomic E-state index is 0.198. The fourth-order valence-electron chi connectivity index (χ4n) is 4.68. The van der Waals surface area contributed by atoms with E-state index in [1.165, 1.54) is 10.9 Å². The van der Waals surface area contributed by atoms with E-state index in [4.69, 9.17) is 21.4 Å². The van der Waals surface area contributed by atoms with Gasteiger partial charge in [0.15, 0.2) is 0 Å². The molecule has 2 amide bonds. The average molecular weight is 686 g/mol. The summed E-state index contributed by atoms with van der Waals surface area (Å²) in [5, 5.41) is 15.1. The molecule has 0 aliphatic carbocycles. The highest BCUT2D eigenvalue weighted by Crippen LogP contribution is 2.28. The summed E-state index contributed by atoms with van der Waals surface area (Å²) >= 11 is 9.89. The van der Waals surface area contributed by atoms with Crippen molar-refractivity contribution in [3.63, 3.8) is 0 Å². The molecular weight excluding hydrogens is 648 g/mol. The van der Waals surface area contributed by atoms with Crippen LogP contribution in [-0.2, 0) is 29.7 Å². The molecule has 0 saturated carbocycles. The lowest BCUT2D eigenvalue weighted by molar-refractivity contribution is -0.118. The van der Waals surface area contributed by atoms with Gasteiger partial charge in [-0.05, 0) is 67.4 Å². The summed E-state index contributed by atoms with van der Waals surface area (Å²) in [5.74, 6) is -0.774. The largest absolute Gasteiger partial charge is 0.360 e. The number of aromatic nitrogens is 4. The molecule has 2 heterocycles. The van der Waals surface area contributed by atoms with Crippen LogP contribution in [0, 0.1) is 13.8 Å². The second kappa shape index (κ2) is 14.0. The van der Waals surface area contributed by atoms with Gasteiger partial charge in [-0.2, -0.15) is 10.2 Å². The van der Waals surface area contributed by atoms with Crippen LogP contribution in [-0.4, -0.2) is 52.1 Å². The minimum Gasteiger partial charge on any atom is -0.360 e. The maximum atomic E-state index is 13.5. The van der Waals surface area contributed by atoms with Crippen LogP contribution in [0.15, 0.2) is 59.2 Å². The van der Waals surface area contributed by atoms with Gasteiger partial charge >= 0.3 is 0 Å². The summed E-state index contributed by atoms with van der Waals surface area (Å²) in [4.78, 5) is 26.5. The van der Waals surface area contributed by atoms with Crippen LogP contribution in [0.4, 0.5) is 5.69 Å². The van der Waals surface area contributed by atoms with E-state index >= 15 is 0 Å². The number of rotatable bonds is 12. The number of aryl methyl sites for hydroxylation is 2. The molecule has 0 radical (unpaired) electrons. The monoisotopic (exact) mass is 684 g/mol. The van der Waals surface area contributed by atoms with Crippen LogP contribution in [0.1, 0.15) is 27.4 Å². The van der Waals surface area contributed by atoms with Crippen molar-refractivity contribution in [2.75, 3.05) is 11.9 Å². The summed E-state index contributed by atoms with van der Waals surface area (Å²) in [5.41, 5.74) is 5.63. The highest BCUT2D eigenvalue weighted by Gasteiger charge is 2.25. The molecule has 9 nitrogen and oxygen atoms in total. The van der Waals surface area contributed by atoms with Gasteiger partial charge in [-0.15, -0.1) is 0 Å². The number of nitrogens with zero attached hydrogens (tertiary/aromatic N) is 4. The molecule has 4 aromatic rings. The van der Waals surface area contributed by atoms with Crippen LogP contribution < -0.4 is 10.6 Å². The summed E-state index contributed by atoms with van der Waals surface area (Å²) in [6.45, 7) is 12.2. The highest BCUT2D eigenvalue weighted by atomic mass is 79.9. The zero-order valence-corrected chi connectivity index (χ0v) is 28.7. The molecule has 4 rings (SSSR count). The van der Waals surface area contributed by atoms with Crippen molar-refractivity contribution in [2.24, 2.45) is 7.05 Å². The van der Waals surface area contributed by atoms with Crippen LogP contribution >= 0.6 is 27.5 Å². The molecule has 43 heavy (non-hydrogen) atoms. The number of hydrogen-bond donors (Lipinski definition) is 2. The lowest BCUT2D eigenvalue weighted by Crippen LogP contribution is -2.45. The molecular formula is C31H38BrClN6O3Si. The zero-order chi connectivity index (χ0) is 31.3. The molecule has 12 heteroatoms. The number of anilines is 1. The molecule has 228 valence electrons. The fraction of sp³-hybridized carbons (Fsp3) is 0.355. The van der Waals surface area contributed by atoms with Gasteiger partial charge in [0, 0.05) is 60.8 Å². The van der Waals surface area contributed by atoms with E-state index in [0.717, 1.165) is 45.2 Å². The Morgan fingerprint density at radius 1 is 1.09 bits per heavy atom. The van der Waals surface area contributed by atoms with E-state index in [0.29, 0.717) is 23.1 Å². The second-order valence-corrected chi connectivity index (χ2v) is 18.7. The van der Waals surface area contributed by atoms with Gasteiger partial charge in [0.25, 0.3) is 5.91 Å². The van der Waals surface area contributed by atoms with Crippen molar-refractivity contribution in [3.8, 4) is 11.1 Å². The van der Waals surface area contributed by atoms with Crippen molar-refractivity contribution in [1.82, 2.24) is 24.9 Å². The lowest BCUT2D eigenvalue weighted by atomic mass is 10.0. The third-order valence-electron chi connectivity index (χ3n) is 7.14. The average Bonchev–Trinajstić information content (AvgIpc) is 3.49. The summed E-state index contributed by atoms with van der Waals surface area (Å²) < 4.78 is 10.1. The van der Waals surface area contributed by atoms with E-state index in [-0.39, 0.29) is 12.3 Å². The van der Waals surface area contributed by atoms with Crippen molar-refractivity contribution in [3.05, 3.63) is 86.9 Å². The van der Waals surface area contributed by atoms with Gasteiger partial charge in [0.1, 0.15) is 18.5 Å². The number of hydrogen-bond acceptors (Lipinski definition) is 5. The predicted molar refractivity (Wildman–Crippen MR) is 177 cm³/mol. The van der Waals surface area contributed by atoms with Gasteiger partial charge in [-0.25, -0.2) is 4.68 Å². The molecule has 2 aromatic heterocycles. The van der Waals surface area contributed by atoms with Crippen molar-refractivity contribution in [1.29, 1.82) is 0 Å². The van der Waals surface area contributed by atoms with E-state index in [1.54, 1.807) is 19.2 Å². The number of benzene rings is 2. The molecule has 2 aromatic carbocycles. The second-order valence-electron chi connectivity index (χ2n) is 11.8. The Morgan fingerprint density at radius 3 is 2.47 bits per heavy atom. The summed E-state index contributed by atoms with van der Waals surface area (Å²) in [7, 11) is 0.516. The van der Waals surface area contributed by atoms with Crippen LogP contribution in [0.2, 0.25) is 30.7 Å². The van der Waals surface area contributed by atoms with Gasteiger partial charge in [0.2, 0.25) is 5.91 Å². The van der Waals surface area contributed by atoms with Crippen molar-refractivity contribution < 1.29 is 14.3 Å². The predicted octanol–water partition coefficient (Wildman–Crippen LogP) is 6.61. The molecule has 1 atom stereocenters. The van der Waals surface area contributed by atoms with Gasteiger partial charge in [0.05, 0.1) is 5.69 Å². The molecule has 0 aliphatic heterocycles. The minimum atomic E-state index is -1.16.